The number of nitrogens with zero attached hydrogens (tertiary/aromatic N) is 3. The molecule has 1 fully saturated rings. The highest BCUT2D eigenvalue weighted by Gasteiger charge is 2.36. The molecule has 3 aromatic rings. The fourth-order valence-corrected chi connectivity index (χ4v) is 3.72. The van der Waals surface area contributed by atoms with Gasteiger partial charge in [-0.2, -0.15) is 4.98 Å². The summed E-state index contributed by atoms with van der Waals surface area (Å²) < 4.78 is 18.6. The van der Waals surface area contributed by atoms with E-state index in [1.807, 2.05) is 17.0 Å². The third-order valence-corrected chi connectivity index (χ3v) is 5.23. The van der Waals surface area contributed by atoms with E-state index in [-0.39, 0.29) is 11.8 Å². The molecule has 2 aromatic carbocycles. The van der Waals surface area contributed by atoms with Gasteiger partial charge in [0.1, 0.15) is 11.6 Å². The number of likely N-dealkylation sites (tertiary alicyclic amines) is 1. The van der Waals surface area contributed by atoms with E-state index >= 15 is 0 Å². The summed E-state index contributed by atoms with van der Waals surface area (Å²) in [7, 11) is 0. The lowest BCUT2D eigenvalue weighted by Crippen LogP contribution is -2.24. The smallest absolute Gasteiger partial charge is 0.244 e. The maximum Gasteiger partial charge on any atom is 0.244 e. The van der Waals surface area contributed by atoms with Gasteiger partial charge in [0.15, 0.2) is 5.82 Å². The fourth-order valence-electron chi connectivity index (χ4n) is 3.48. The van der Waals surface area contributed by atoms with E-state index in [9.17, 15) is 14.6 Å². The van der Waals surface area contributed by atoms with Crippen LogP contribution in [0.5, 0.6) is 5.75 Å². The number of aromatic hydroxyl groups is 1. The Balaban J connectivity index is 1.52. The van der Waals surface area contributed by atoms with Gasteiger partial charge in [0.05, 0.1) is 12.1 Å². The van der Waals surface area contributed by atoms with Gasteiger partial charge in [0, 0.05) is 30.1 Å². The minimum absolute atomic E-state index is 0.208. The minimum Gasteiger partial charge on any atom is -0.508 e. The Morgan fingerprint density at radius 1 is 1.21 bits per heavy atom. The minimum atomic E-state index is -0.516. The Morgan fingerprint density at radius 2 is 2.04 bits per heavy atom. The van der Waals surface area contributed by atoms with Gasteiger partial charge in [-0.15, -0.1) is 0 Å². The number of halogens is 2. The zero-order chi connectivity index (χ0) is 19.7. The van der Waals surface area contributed by atoms with E-state index in [0.29, 0.717) is 48.2 Å². The molecule has 1 aliphatic rings. The molecule has 0 amide bonds. The molecule has 2 N–H and O–H groups in total. The van der Waals surface area contributed by atoms with E-state index in [0.717, 1.165) is 5.56 Å². The second-order valence-corrected chi connectivity index (χ2v) is 7.33. The highest BCUT2D eigenvalue weighted by Crippen LogP contribution is 2.34. The topological polar surface area (TPSA) is 82.6 Å². The normalized spacial score (nSPS) is 20.0. The molecular weight excluding hydrogens is 385 g/mol. The monoisotopic (exact) mass is 403 g/mol. The zero-order valence-corrected chi connectivity index (χ0v) is 15.7. The molecule has 2 heterocycles. The molecule has 28 heavy (non-hydrogen) atoms. The largest absolute Gasteiger partial charge is 0.508 e. The molecule has 8 heteroatoms. The second kappa shape index (κ2) is 7.87. The molecule has 0 aliphatic carbocycles. The molecule has 2 unspecified atom stereocenters. The molecule has 1 aliphatic heterocycles. The third kappa shape index (κ3) is 4.01. The van der Waals surface area contributed by atoms with E-state index in [4.69, 9.17) is 16.1 Å². The van der Waals surface area contributed by atoms with Crippen molar-refractivity contribution in [2.45, 2.75) is 31.5 Å². The summed E-state index contributed by atoms with van der Waals surface area (Å²) in [5.74, 6) is 0.648. The summed E-state index contributed by atoms with van der Waals surface area (Å²) in [6.45, 7) is 0.899. The summed E-state index contributed by atoms with van der Waals surface area (Å²) in [4.78, 5) is 6.46. The van der Waals surface area contributed by atoms with Crippen molar-refractivity contribution in [1.82, 2.24) is 15.0 Å². The van der Waals surface area contributed by atoms with Crippen LogP contribution in [0.2, 0.25) is 5.02 Å². The Hall–Kier alpha value is -2.48. The number of aliphatic hydroxyl groups excluding tert-OH is 1. The number of hydrogen-bond acceptors (Lipinski definition) is 6. The predicted molar refractivity (Wildman–Crippen MR) is 100 cm³/mol. The van der Waals surface area contributed by atoms with Gasteiger partial charge in [0.25, 0.3) is 0 Å². The number of rotatable bonds is 5. The number of β-amino-alcohol motifs (C(OH)–C–C–N with tert-alkyl or cyclic N) is 1. The number of aromatic nitrogens is 2. The van der Waals surface area contributed by atoms with Gasteiger partial charge in [-0.05, 0) is 30.2 Å². The standard InChI is InChI=1S/C20H19ClFN3O3/c21-16-8-14(22)6-5-12(16)7-19-23-20(28-24-19)17-9-15(26)11-25(17)10-13-3-1-2-4-18(13)27/h1-6,8,15,17,26-27H,7,9-11H2. The first-order valence-corrected chi connectivity index (χ1v) is 9.33. The Morgan fingerprint density at radius 3 is 2.82 bits per heavy atom. The number of aliphatic hydroxyl groups is 1. The second-order valence-electron chi connectivity index (χ2n) is 6.92. The highest BCUT2D eigenvalue weighted by atomic mass is 35.5. The first-order chi connectivity index (χ1) is 13.5. The van der Waals surface area contributed by atoms with Gasteiger partial charge >= 0.3 is 0 Å². The summed E-state index contributed by atoms with van der Waals surface area (Å²) in [6, 6.07) is 11.0. The number of phenols is 1. The zero-order valence-electron chi connectivity index (χ0n) is 14.9. The molecule has 4 rings (SSSR count). The van der Waals surface area contributed by atoms with Crippen LogP contribution >= 0.6 is 11.6 Å². The molecule has 0 spiro atoms. The molecule has 146 valence electrons. The lowest BCUT2D eigenvalue weighted by molar-refractivity contribution is 0.168. The van der Waals surface area contributed by atoms with Gasteiger partial charge in [-0.3, -0.25) is 4.90 Å². The van der Waals surface area contributed by atoms with Crippen LogP contribution in [0.1, 0.15) is 35.3 Å². The van der Waals surface area contributed by atoms with Crippen LogP contribution in [0.25, 0.3) is 0 Å². The summed E-state index contributed by atoms with van der Waals surface area (Å²) in [5.41, 5.74) is 1.47. The fraction of sp³-hybridized carbons (Fsp3) is 0.300. The lowest BCUT2D eigenvalue weighted by Gasteiger charge is -2.21. The van der Waals surface area contributed by atoms with E-state index in [2.05, 4.69) is 10.1 Å². The molecule has 0 bridgehead atoms. The summed E-state index contributed by atoms with van der Waals surface area (Å²) in [6.07, 6.45) is 0.266. The van der Waals surface area contributed by atoms with Crippen molar-refractivity contribution in [3.63, 3.8) is 0 Å². The van der Waals surface area contributed by atoms with Crippen LogP contribution < -0.4 is 0 Å². The van der Waals surface area contributed by atoms with Crippen LogP contribution in [-0.2, 0) is 13.0 Å². The van der Waals surface area contributed by atoms with Gasteiger partial charge in [-0.1, -0.05) is 41.0 Å². The highest BCUT2D eigenvalue weighted by molar-refractivity contribution is 6.31. The van der Waals surface area contributed by atoms with Crippen LogP contribution in [0, 0.1) is 5.82 Å². The Kier molecular flexibility index (Phi) is 5.30. The van der Waals surface area contributed by atoms with Gasteiger partial charge < -0.3 is 14.7 Å². The molecule has 0 saturated carbocycles. The first kappa shape index (κ1) is 18.9. The predicted octanol–water partition coefficient (Wildman–Crippen LogP) is 3.47. The van der Waals surface area contributed by atoms with Crippen LogP contribution in [0.3, 0.4) is 0 Å². The number of phenolic OH excluding ortho intramolecular Hbond substituents is 1. The van der Waals surface area contributed by atoms with E-state index < -0.39 is 11.9 Å². The molecular formula is C20H19ClFN3O3. The number of para-hydroxylation sites is 1. The lowest BCUT2D eigenvalue weighted by atomic mass is 10.1. The van der Waals surface area contributed by atoms with Crippen molar-refractivity contribution in [1.29, 1.82) is 0 Å². The molecule has 1 aromatic heterocycles. The third-order valence-electron chi connectivity index (χ3n) is 4.88. The Labute approximate surface area is 166 Å². The van der Waals surface area contributed by atoms with Crippen molar-refractivity contribution in [2.24, 2.45) is 0 Å². The van der Waals surface area contributed by atoms with Crippen molar-refractivity contribution < 1.29 is 19.1 Å². The molecule has 1 saturated heterocycles. The van der Waals surface area contributed by atoms with Gasteiger partial charge in [-0.25, -0.2) is 4.39 Å². The van der Waals surface area contributed by atoms with Crippen molar-refractivity contribution >= 4 is 11.6 Å². The molecule has 2 atom stereocenters. The average molecular weight is 404 g/mol. The first-order valence-electron chi connectivity index (χ1n) is 8.95. The van der Waals surface area contributed by atoms with Crippen molar-refractivity contribution in [3.05, 3.63) is 76.1 Å². The quantitative estimate of drug-likeness (QED) is 0.678. The average Bonchev–Trinajstić information content (AvgIpc) is 3.26. The van der Waals surface area contributed by atoms with Crippen LogP contribution in [-0.4, -0.2) is 37.9 Å². The molecule has 6 nitrogen and oxygen atoms in total. The van der Waals surface area contributed by atoms with Crippen LogP contribution in [0.4, 0.5) is 4.39 Å². The number of benzene rings is 2. The SMILES string of the molecule is Oc1ccccc1CN1CC(O)CC1c1nc(Cc2ccc(F)cc2Cl)no1. The Bertz CT molecular complexity index is 981. The maximum atomic E-state index is 13.2. The number of hydrogen-bond donors (Lipinski definition) is 2. The van der Waals surface area contributed by atoms with Crippen molar-refractivity contribution in [2.75, 3.05) is 6.54 Å². The van der Waals surface area contributed by atoms with Crippen molar-refractivity contribution in [3.8, 4) is 5.75 Å². The molecule has 0 radical (unpaired) electrons. The van der Waals surface area contributed by atoms with Gasteiger partial charge in [0.2, 0.25) is 5.89 Å². The van der Waals surface area contributed by atoms with E-state index in [1.54, 1.807) is 18.2 Å². The van der Waals surface area contributed by atoms with Crippen LogP contribution in [0.15, 0.2) is 47.0 Å². The maximum absolute atomic E-state index is 13.2. The summed E-state index contributed by atoms with van der Waals surface area (Å²) >= 11 is 6.07. The summed E-state index contributed by atoms with van der Waals surface area (Å²) in [5, 5.41) is 24.5. The van der Waals surface area contributed by atoms with E-state index in [1.165, 1.54) is 12.1 Å².